The lowest BCUT2D eigenvalue weighted by atomic mass is 10.1. The lowest BCUT2D eigenvalue weighted by Gasteiger charge is -2.13. The molecule has 0 aliphatic heterocycles. The average Bonchev–Trinajstić information content (AvgIpc) is 2.86. The first-order chi connectivity index (χ1) is 8.59. The zero-order valence-electron chi connectivity index (χ0n) is 9.61. The van der Waals surface area contributed by atoms with Gasteiger partial charge in [-0.1, -0.05) is 6.07 Å². The molecule has 5 heteroatoms. The number of carbonyl (C=O) groups excluding carboxylic acids is 1. The van der Waals surface area contributed by atoms with Crippen LogP contribution in [0.15, 0.2) is 35.0 Å². The Morgan fingerprint density at radius 1 is 1.33 bits per heavy atom. The zero-order valence-corrected chi connectivity index (χ0v) is 10.4. The maximum atomic E-state index is 13.4. The van der Waals surface area contributed by atoms with Crippen LogP contribution in [0.1, 0.15) is 28.9 Å². The van der Waals surface area contributed by atoms with Gasteiger partial charge in [0.2, 0.25) is 0 Å². The Morgan fingerprint density at radius 3 is 2.78 bits per heavy atom. The van der Waals surface area contributed by atoms with E-state index in [4.69, 9.17) is 0 Å². The van der Waals surface area contributed by atoms with E-state index in [0.717, 1.165) is 11.6 Å². The van der Waals surface area contributed by atoms with E-state index in [-0.39, 0.29) is 11.6 Å². The molecule has 1 N–H and O–H groups in total. The Bertz CT molecular complexity index is 554. The molecule has 0 saturated carbocycles. The average molecular weight is 267 g/mol. The maximum absolute atomic E-state index is 13.4. The molecule has 0 fully saturated rings. The van der Waals surface area contributed by atoms with Crippen molar-refractivity contribution in [2.75, 3.05) is 0 Å². The number of amides is 1. The fourth-order valence-electron chi connectivity index (χ4n) is 1.56. The smallest absolute Gasteiger partial charge is 0.254 e. The van der Waals surface area contributed by atoms with E-state index in [0.29, 0.717) is 0 Å². The highest BCUT2D eigenvalue weighted by atomic mass is 32.1. The van der Waals surface area contributed by atoms with Gasteiger partial charge in [0.05, 0.1) is 11.6 Å². The highest BCUT2D eigenvalue weighted by Gasteiger charge is 2.17. The number of rotatable bonds is 3. The molecule has 0 aliphatic rings. The lowest BCUT2D eigenvalue weighted by molar-refractivity contribution is 0.0935. The summed E-state index contributed by atoms with van der Waals surface area (Å²) in [7, 11) is 0. The molecule has 0 aliphatic carbocycles. The third-order valence-electron chi connectivity index (χ3n) is 2.59. The van der Waals surface area contributed by atoms with Crippen molar-refractivity contribution in [1.29, 1.82) is 0 Å². The van der Waals surface area contributed by atoms with Crippen molar-refractivity contribution in [3.05, 3.63) is 57.8 Å². The van der Waals surface area contributed by atoms with Crippen LogP contribution in [0.5, 0.6) is 0 Å². The van der Waals surface area contributed by atoms with Gasteiger partial charge in [-0.2, -0.15) is 11.3 Å². The van der Waals surface area contributed by atoms with Gasteiger partial charge in [0, 0.05) is 0 Å². The molecule has 0 radical (unpaired) electrons. The molecule has 94 valence electrons. The largest absolute Gasteiger partial charge is 0.345 e. The van der Waals surface area contributed by atoms with Crippen LogP contribution < -0.4 is 5.32 Å². The van der Waals surface area contributed by atoms with Crippen molar-refractivity contribution in [2.24, 2.45) is 0 Å². The van der Waals surface area contributed by atoms with Gasteiger partial charge in [-0.25, -0.2) is 8.78 Å². The van der Waals surface area contributed by atoms with Crippen molar-refractivity contribution in [3.8, 4) is 0 Å². The van der Waals surface area contributed by atoms with Gasteiger partial charge in [0.1, 0.15) is 0 Å². The Labute approximate surface area is 107 Å². The summed E-state index contributed by atoms with van der Waals surface area (Å²) in [6.45, 7) is 1.79. The van der Waals surface area contributed by atoms with Crippen molar-refractivity contribution in [1.82, 2.24) is 5.32 Å². The van der Waals surface area contributed by atoms with Gasteiger partial charge in [-0.3, -0.25) is 4.79 Å². The standard InChI is InChI=1S/C13H11F2NOS/c1-8(9-5-6-18-7-9)16-13(17)10-3-2-4-11(14)12(10)15/h2-8H,1H3,(H,16,17). The van der Waals surface area contributed by atoms with Gasteiger partial charge in [0.25, 0.3) is 5.91 Å². The Balaban J connectivity index is 2.15. The van der Waals surface area contributed by atoms with E-state index in [1.807, 2.05) is 16.8 Å². The minimum atomic E-state index is -1.12. The molecule has 0 spiro atoms. The number of halogens is 2. The maximum Gasteiger partial charge on any atom is 0.254 e. The number of hydrogen-bond acceptors (Lipinski definition) is 2. The van der Waals surface area contributed by atoms with E-state index in [2.05, 4.69) is 5.32 Å². The first-order valence-electron chi connectivity index (χ1n) is 5.36. The number of carbonyl (C=O) groups is 1. The summed E-state index contributed by atoms with van der Waals surface area (Å²) in [6, 6.07) is 5.18. The summed E-state index contributed by atoms with van der Waals surface area (Å²) in [5.74, 6) is -2.76. The molecule has 1 unspecified atom stereocenters. The third-order valence-corrected chi connectivity index (χ3v) is 3.29. The van der Waals surface area contributed by atoms with Crippen LogP contribution in [0.3, 0.4) is 0 Å². The minimum absolute atomic E-state index is 0.244. The first kappa shape index (κ1) is 12.7. The molecule has 1 aromatic heterocycles. The second kappa shape index (κ2) is 5.27. The first-order valence-corrected chi connectivity index (χ1v) is 6.31. The van der Waals surface area contributed by atoms with E-state index < -0.39 is 17.5 Å². The third kappa shape index (κ3) is 2.56. The highest BCUT2D eigenvalue weighted by Crippen LogP contribution is 2.17. The molecular weight excluding hydrogens is 256 g/mol. The zero-order chi connectivity index (χ0) is 13.1. The number of nitrogens with one attached hydrogen (secondary N) is 1. The molecule has 2 nitrogen and oxygen atoms in total. The summed E-state index contributed by atoms with van der Waals surface area (Å²) < 4.78 is 26.4. The number of hydrogen-bond donors (Lipinski definition) is 1. The Hall–Kier alpha value is -1.75. The predicted molar refractivity (Wildman–Crippen MR) is 66.6 cm³/mol. The summed E-state index contributed by atoms with van der Waals surface area (Å²) in [4.78, 5) is 11.8. The quantitative estimate of drug-likeness (QED) is 0.905. The predicted octanol–water partition coefficient (Wildman–Crippen LogP) is 3.52. The molecule has 1 amide bonds. The van der Waals surface area contributed by atoms with Gasteiger partial charge >= 0.3 is 0 Å². The number of thiophene rings is 1. The van der Waals surface area contributed by atoms with E-state index in [9.17, 15) is 13.6 Å². The van der Waals surface area contributed by atoms with Crippen LogP contribution in [0.4, 0.5) is 8.78 Å². The number of benzene rings is 1. The summed E-state index contributed by atoms with van der Waals surface area (Å²) in [5, 5.41) is 6.41. The SMILES string of the molecule is CC(NC(=O)c1cccc(F)c1F)c1ccsc1. The van der Waals surface area contributed by atoms with Crippen LogP contribution in [0.25, 0.3) is 0 Å². The highest BCUT2D eigenvalue weighted by molar-refractivity contribution is 7.07. The van der Waals surface area contributed by atoms with Gasteiger partial charge in [-0.15, -0.1) is 0 Å². The van der Waals surface area contributed by atoms with Crippen molar-refractivity contribution < 1.29 is 13.6 Å². The Morgan fingerprint density at radius 2 is 2.11 bits per heavy atom. The Kier molecular flexibility index (Phi) is 3.72. The molecule has 2 aromatic rings. The van der Waals surface area contributed by atoms with Crippen LogP contribution >= 0.6 is 11.3 Å². The summed E-state index contributed by atoms with van der Waals surface area (Å²) >= 11 is 1.51. The molecule has 2 rings (SSSR count). The van der Waals surface area contributed by atoms with Crippen LogP contribution in [-0.2, 0) is 0 Å². The van der Waals surface area contributed by atoms with E-state index >= 15 is 0 Å². The normalized spacial score (nSPS) is 12.2. The second-order valence-electron chi connectivity index (χ2n) is 3.85. The van der Waals surface area contributed by atoms with Crippen LogP contribution in [0, 0.1) is 11.6 Å². The van der Waals surface area contributed by atoms with Gasteiger partial charge in [0.15, 0.2) is 11.6 Å². The molecular formula is C13H11F2NOS. The molecule has 1 atom stereocenters. The molecule has 18 heavy (non-hydrogen) atoms. The van der Waals surface area contributed by atoms with Gasteiger partial charge < -0.3 is 5.32 Å². The fourth-order valence-corrected chi connectivity index (χ4v) is 2.31. The van der Waals surface area contributed by atoms with Crippen molar-refractivity contribution >= 4 is 17.2 Å². The van der Waals surface area contributed by atoms with E-state index in [1.165, 1.54) is 23.5 Å². The van der Waals surface area contributed by atoms with Crippen molar-refractivity contribution in [3.63, 3.8) is 0 Å². The summed E-state index contributed by atoms with van der Waals surface area (Å²) in [6.07, 6.45) is 0. The fraction of sp³-hybridized carbons (Fsp3) is 0.154. The topological polar surface area (TPSA) is 29.1 Å². The summed E-state index contributed by atoms with van der Waals surface area (Å²) in [5.41, 5.74) is 0.655. The second-order valence-corrected chi connectivity index (χ2v) is 4.63. The van der Waals surface area contributed by atoms with E-state index in [1.54, 1.807) is 6.92 Å². The molecule has 0 saturated heterocycles. The lowest BCUT2D eigenvalue weighted by Crippen LogP contribution is -2.27. The monoisotopic (exact) mass is 267 g/mol. The van der Waals surface area contributed by atoms with Crippen LogP contribution in [-0.4, -0.2) is 5.91 Å². The molecule has 0 bridgehead atoms. The van der Waals surface area contributed by atoms with Crippen LogP contribution in [0.2, 0.25) is 0 Å². The molecule has 1 heterocycles. The van der Waals surface area contributed by atoms with Crippen molar-refractivity contribution in [2.45, 2.75) is 13.0 Å². The molecule has 1 aromatic carbocycles. The minimum Gasteiger partial charge on any atom is -0.345 e. The van der Waals surface area contributed by atoms with Gasteiger partial charge in [-0.05, 0) is 41.4 Å².